The summed E-state index contributed by atoms with van der Waals surface area (Å²) in [5.41, 5.74) is 1.38. The van der Waals surface area contributed by atoms with Crippen LogP contribution in [-0.2, 0) is 6.54 Å². The Bertz CT molecular complexity index is 337. The Morgan fingerprint density at radius 3 is 2.76 bits per heavy atom. The smallest absolute Gasteiger partial charge is 0.0217 e. The molecule has 0 aromatic heterocycles. The molecular formula is C14H21IN2. The molecule has 0 spiro atoms. The molecule has 2 nitrogen and oxygen atoms in total. The first kappa shape index (κ1) is 13.3. The van der Waals surface area contributed by atoms with Gasteiger partial charge in [-0.05, 0) is 66.7 Å². The standard InChI is InChI=1S/C14H21IN2/c1-17-9-3-2-4-14(17)11-16-10-12-5-7-13(15)8-6-12/h5-8,14,16H,2-4,9-11H2,1H3. The van der Waals surface area contributed by atoms with Crippen LogP contribution in [0.5, 0.6) is 0 Å². The van der Waals surface area contributed by atoms with Crippen LogP contribution >= 0.6 is 22.6 Å². The van der Waals surface area contributed by atoms with Crippen LogP contribution in [0.3, 0.4) is 0 Å². The monoisotopic (exact) mass is 344 g/mol. The third-order valence-corrected chi connectivity index (χ3v) is 4.26. The molecule has 1 aliphatic rings. The Morgan fingerprint density at radius 1 is 1.29 bits per heavy atom. The summed E-state index contributed by atoms with van der Waals surface area (Å²) >= 11 is 2.34. The molecule has 2 rings (SSSR count). The van der Waals surface area contributed by atoms with Crippen molar-refractivity contribution in [2.24, 2.45) is 0 Å². The van der Waals surface area contributed by atoms with Crippen molar-refractivity contribution in [3.63, 3.8) is 0 Å². The molecule has 0 aliphatic carbocycles. The van der Waals surface area contributed by atoms with E-state index in [4.69, 9.17) is 0 Å². The molecule has 17 heavy (non-hydrogen) atoms. The largest absolute Gasteiger partial charge is 0.311 e. The molecule has 0 radical (unpaired) electrons. The summed E-state index contributed by atoms with van der Waals surface area (Å²) in [6.45, 7) is 3.36. The normalized spacial score (nSPS) is 21.6. The number of hydrogen-bond donors (Lipinski definition) is 1. The molecule has 1 unspecified atom stereocenters. The van der Waals surface area contributed by atoms with E-state index in [0.29, 0.717) is 0 Å². The minimum atomic E-state index is 0.729. The van der Waals surface area contributed by atoms with Crippen molar-refractivity contribution in [3.8, 4) is 0 Å². The summed E-state index contributed by atoms with van der Waals surface area (Å²) in [5, 5.41) is 3.58. The van der Waals surface area contributed by atoms with Gasteiger partial charge in [0.2, 0.25) is 0 Å². The minimum absolute atomic E-state index is 0.729. The minimum Gasteiger partial charge on any atom is -0.311 e. The molecule has 3 heteroatoms. The lowest BCUT2D eigenvalue weighted by Gasteiger charge is -2.32. The van der Waals surface area contributed by atoms with Gasteiger partial charge in [-0.2, -0.15) is 0 Å². The van der Waals surface area contributed by atoms with Crippen LogP contribution in [0.25, 0.3) is 0 Å². The fraction of sp³-hybridized carbons (Fsp3) is 0.571. The van der Waals surface area contributed by atoms with Crippen LogP contribution in [0.1, 0.15) is 24.8 Å². The van der Waals surface area contributed by atoms with Crippen molar-refractivity contribution >= 4 is 22.6 Å². The Balaban J connectivity index is 1.73. The summed E-state index contributed by atoms with van der Waals surface area (Å²) in [6, 6.07) is 9.49. The van der Waals surface area contributed by atoms with Crippen molar-refractivity contribution in [2.75, 3.05) is 20.1 Å². The second-order valence-electron chi connectivity index (χ2n) is 4.89. The number of benzene rings is 1. The second-order valence-corrected chi connectivity index (χ2v) is 6.13. The zero-order valence-corrected chi connectivity index (χ0v) is 12.6. The average molecular weight is 344 g/mol. The maximum absolute atomic E-state index is 3.58. The van der Waals surface area contributed by atoms with Gasteiger partial charge >= 0.3 is 0 Å². The van der Waals surface area contributed by atoms with Crippen molar-refractivity contribution in [1.29, 1.82) is 0 Å². The molecule has 1 aromatic carbocycles. The molecule has 1 atom stereocenters. The molecule has 1 aromatic rings. The quantitative estimate of drug-likeness (QED) is 0.845. The second kappa shape index (κ2) is 6.71. The molecule has 1 N–H and O–H groups in total. The first-order valence-corrected chi connectivity index (χ1v) is 7.49. The van der Waals surface area contributed by atoms with Crippen LogP contribution in [0.15, 0.2) is 24.3 Å². The predicted molar refractivity (Wildman–Crippen MR) is 81.1 cm³/mol. The van der Waals surface area contributed by atoms with E-state index in [1.54, 1.807) is 0 Å². The molecule has 0 amide bonds. The van der Waals surface area contributed by atoms with Gasteiger partial charge in [-0.3, -0.25) is 0 Å². The topological polar surface area (TPSA) is 15.3 Å². The third-order valence-electron chi connectivity index (χ3n) is 3.54. The van der Waals surface area contributed by atoms with Gasteiger partial charge in [0.15, 0.2) is 0 Å². The van der Waals surface area contributed by atoms with Crippen LogP contribution < -0.4 is 5.32 Å². The molecule has 94 valence electrons. The fourth-order valence-corrected chi connectivity index (χ4v) is 2.75. The van der Waals surface area contributed by atoms with E-state index >= 15 is 0 Å². The summed E-state index contributed by atoms with van der Waals surface area (Å²) < 4.78 is 1.30. The number of hydrogen-bond acceptors (Lipinski definition) is 2. The van der Waals surface area contributed by atoms with Crippen LogP contribution in [0.2, 0.25) is 0 Å². The summed E-state index contributed by atoms with van der Waals surface area (Å²) in [6.07, 6.45) is 4.10. The van der Waals surface area contributed by atoms with Crippen LogP contribution in [-0.4, -0.2) is 31.1 Å². The van der Waals surface area contributed by atoms with Gasteiger partial charge in [-0.15, -0.1) is 0 Å². The first-order valence-electron chi connectivity index (χ1n) is 6.41. The maximum Gasteiger partial charge on any atom is 0.0217 e. The number of likely N-dealkylation sites (tertiary alicyclic amines) is 1. The number of nitrogens with one attached hydrogen (secondary N) is 1. The molecular weight excluding hydrogens is 323 g/mol. The number of piperidine rings is 1. The number of rotatable bonds is 4. The van der Waals surface area contributed by atoms with Crippen LogP contribution in [0.4, 0.5) is 0 Å². The molecule has 1 aliphatic heterocycles. The molecule has 1 heterocycles. The Morgan fingerprint density at radius 2 is 2.06 bits per heavy atom. The lowest BCUT2D eigenvalue weighted by atomic mass is 10.0. The van der Waals surface area contributed by atoms with Gasteiger partial charge in [0.1, 0.15) is 0 Å². The van der Waals surface area contributed by atoms with Gasteiger partial charge in [0.25, 0.3) is 0 Å². The number of nitrogens with zero attached hydrogens (tertiary/aromatic N) is 1. The highest BCUT2D eigenvalue weighted by Crippen LogP contribution is 2.14. The van der Waals surface area contributed by atoms with Gasteiger partial charge < -0.3 is 10.2 Å². The van der Waals surface area contributed by atoms with E-state index in [1.165, 1.54) is 34.9 Å². The summed E-state index contributed by atoms with van der Waals surface area (Å²) in [5.74, 6) is 0. The van der Waals surface area contributed by atoms with Crippen LogP contribution in [0, 0.1) is 3.57 Å². The summed E-state index contributed by atoms with van der Waals surface area (Å²) in [4.78, 5) is 2.49. The Kier molecular flexibility index (Phi) is 5.25. The van der Waals surface area contributed by atoms with Gasteiger partial charge in [0, 0.05) is 22.7 Å². The highest BCUT2D eigenvalue weighted by molar-refractivity contribution is 14.1. The Labute approximate surface area is 118 Å². The predicted octanol–water partition coefficient (Wildman–Crippen LogP) is 2.87. The van der Waals surface area contributed by atoms with E-state index < -0.39 is 0 Å². The van der Waals surface area contributed by atoms with Crippen molar-refractivity contribution < 1.29 is 0 Å². The van der Waals surface area contributed by atoms with Gasteiger partial charge in [-0.1, -0.05) is 18.6 Å². The molecule has 0 bridgehead atoms. The van der Waals surface area contributed by atoms with Crippen molar-refractivity contribution in [2.45, 2.75) is 31.8 Å². The highest BCUT2D eigenvalue weighted by Gasteiger charge is 2.17. The number of halogens is 1. The zero-order chi connectivity index (χ0) is 12.1. The van der Waals surface area contributed by atoms with Crippen molar-refractivity contribution in [1.82, 2.24) is 10.2 Å². The molecule has 0 saturated carbocycles. The molecule has 1 fully saturated rings. The van der Waals surface area contributed by atoms with E-state index in [9.17, 15) is 0 Å². The average Bonchev–Trinajstić information content (AvgIpc) is 2.34. The van der Waals surface area contributed by atoms with E-state index in [-0.39, 0.29) is 0 Å². The maximum atomic E-state index is 3.58. The van der Waals surface area contributed by atoms with E-state index in [0.717, 1.165) is 19.1 Å². The van der Waals surface area contributed by atoms with E-state index in [1.807, 2.05) is 0 Å². The van der Waals surface area contributed by atoms with Crippen molar-refractivity contribution in [3.05, 3.63) is 33.4 Å². The lowest BCUT2D eigenvalue weighted by Crippen LogP contribution is -2.42. The van der Waals surface area contributed by atoms with Gasteiger partial charge in [-0.25, -0.2) is 0 Å². The molecule has 1 saturated heterocycles. The fourth-order valence-electron chi connectivity index (χ4n) is 2.39. The highest BCUT2D eigenvalue weighted by atomic mass is 127. The summed E-state index contributed by atoms with van der Waals surface area (Å²) in [7, 11) is 2.25. The van der Waals surface area contributed by atoms with Gasteiger partial charge in [0.05, 0.1) is 0 Å². The zero-order valence-electron chi connectivity index (χ0n) is 10.5. The third kappa shape index (κ3) is 4.23. The van der Waals surface area contributed by atoms with E-state index in [2.05, 4.69) is 64.1 Å². The number of likely N-dealkylation sites (N-methyl/N-ethyl adjacent to an activating group) is 1. The first-order chi connectivity index (χ1) is 8.25. The SMILES string of the molecule is CN1CCCCC1CNCc1ccc(I)cc1. The lowest BCUT2D eigenvalue weighted by molar-refractivity contribution is 0.181. The Hall–Kier alpha value is -0.130.